The molecular formula is C14H26N2O. The lowest BCUT2D eigenvalue weighted by molar-refractivity contribution is 0.114. The highest BCUT2D eigenvalue weighted by Gasteiger charge is 2.25. The lowest BCUT2D eigenvalue weighted by Gasteiger charge is -2.31. The minimum absolute atomic E-state index is 0.172. The maximum absolute atomic E-state index is 6.07. The van der Waals surface area contributed by atoms with E-state index in [4.69, 9.17) is 10.5 Å². The Kier molecular flexibility index (Phi) is 4.46. The van der Waals surface area contributed by atoms with Crippen molar-refractivity contribution in [2.24, 2.45) is 23.5 Å². The zero-order chi connectivity index (χ0) is 12.3. The molecule has 0 aromatic carbocycles. The molecule has 1 heterocycles. The summed E-state index contributed by atoms with van der Waals surface area (Å²) in [7, 11) is 0. The average Bonchev–Trinajstić information content (AvgIpc) is 2.33. The van der Waals surface area contributed by atoms with Crippen molar-refractivity contribution in [3.05, 3.63) is 11.8 Å². The third-order valence-electron chi connectivity index (χ3n) is 4.11. The fourth-order valence-corrected chi connectivity index (χ4v) is 2.82. The van der Waals surface area contributed by atoms with E-state index in [0.717, 1.165) is 31.9 Å². The molecule has 1 fully saturated rings. The molecule has 2 unspecified atom stereocenters. The predicted molar refractivity (Wildman–Crippen MR) is 70.5 cm³/mol. The second-order valence-electron chi connectivity index (χ2n) is 5.78. The molecule has 0 radical (unpaired) electrons. The van der Waals surface area contributed by atoms with E-state index in [2.05, 4.69) is 25.2 Å². The number of hydrogen-bond donors (Lipinski definition) is 2. The molecule has 0 aromatic rings. The first-order valence-corrected chi connectivity index (χ1v) is 6.97. The van der Waals surface area contributed by atoms with Gasteiger partial charge < -0.3 is 15.8 Å². The Morgan fingerprint density at radius 3 is 3.00 bits per heavy atom. The molecule has 0 spiro atoms. The lowest BCUT2D eigenvalue weighted by Crippen LogP contribution is -2.35. The van der Waals surface area contributed by atoms with Crippen LogP contribution in [-0.4, -0.2) is 25.7 Å². The number of nitrogens with one attached hydrogen (secondary N) is 1. The fraction of sp³-hybridized carbons (Fsp3) is 0.857. The summed E-state index contributed by atoms with van der Waals surface area (Å²) in [6.45, 7) is 7.58. The molecule has 0 aromatic heterocycles. The SMILES string of the molecule is CC1C[C@@H](C)C(OC[C@@H]2CCCNC2)=CC1N. The first-order chi connectivity index (χ1) is 8.16. The third-order valence-corrected chi connectivity index (χ3v) is 4.11. The number of rotatable bonds is 3. The molecular weight excluding hydrogens is 212 g/mol. The highest BCUT2D eigenvalue weighted by Crippen LogP contribution is 2.29. The van der Waals surface area contributed by atoms with Crippen LogP contribution >= 0.6 is 0 Å². The maximum Gasteiger partial charge on any atom is 0.0963 e. The molecule has 3 N–H and O–H groups in total. The number of hydrogen-bond acceptors (Lipinski definition) is 3. The summed E-state index contributed by atoms with van der Waals surface area (Å²) in [5.74, 6) is 2.91. The topological polar surface area (TPSA) is 47.3 Å². The molecule has 4 atom stereocenters. The van der Waals surface area contributed by atoms with Crippen LogP contribution in [0, 0.1) is 17.8 Å². The molecule has 3 nitrogen and oxygen atoms in total. The minimum Gasteiger partial charge on any atom is -0.498 e. The van der Waals surface area contributed by atoms with Gasteiger partial charge in [-0.05, 0) is 37.8 Å². The zero-order valence-electron chi connectivity index (χ0n) is 11.1. The van der Waals surface area contributed by atoms with Crippen molar-refractivity contribution in [2.45, 2.75) is 39.2 Å². The first-order valence-electron chi connectivity index (χ1n) is 6.97. The smallest absolute Gasteiger partial charge is 0.0963 e. The number of piperidine rings is 1. The van der Waals surface area contributed by atoms with Crippen LogP contribution < -0.4 is 11.1 Å². The van der Waals surface area contributed by atoms with Gasteiger partial charge in [-0.3, -0.25) is 0 Å². The van der Waals surface area contributed by atoms with Crippen molar-refractivity contribution in [3.63, 3.8) is 0 Å². The number of ether oxygens (including phenoxy) is 1. The Balaban J connectivity index is 1.83. The number of nitrogens with two attached hydrogens (primary N) is 1. The molecule has 0 bridgehead atoms. The van der Waals surface area contributed by atoms with E-state index in [9.17, 15) is 0 Å². The highest BCUT2D eigenvalue weighted by molar-refractivity contribution is 5.09. The van der Waals surface area contributed by atoms with Gasteiger partial charge in [0.1, 0.15) is 0 Å². The Morgan fingerprint density at radius 2 is 2.29 bits per heavy atom. The van der Waals surface area contributed by atoms with Crippen LogP contribution in [0.5, 0.6) is 0 Å². The molecule has 2 rings (SSSR count). The normalized spacial score (nSPS) is 38.6. The van der Waals surface area contributed by atoms with Crippen LogP contribution in [0.4, 0.5) is 0 Å². The van der Waals surface area contributed by atoms with Crippen molar-refractivity contribution in [3.8, 4) is 0 Å². The van der Waals surface area contributed by atoms with Gasteiger partial charge in [-0.25, -0.2) is 0 Å². The van der Waals surface area contributed by atoms with E-state index in [0.29, 0.717) is 17.8 Å². The van der Waals surface area contributed by atoms with Gasteiger partial charge in [-0.2, -0.15) is 0 Å². The Labute approximate surface area is 105 Å². The first kappa shape index (κ1) is 12.9. The molecule has 1 aliphatic carbocycles. The summed E-state index contributed by atoms with van der Waals surface area (Å²) in [6, 6.07) is 0.172. The van der Waals surface area contributed by atoms with E-state index >= 15 is 0 Å². The summed E-state index contributed by atoms with van der Waals surface area (Å²) in [5.41, 5.74) is 6.07. The van der Waals surface area contributed by atoms with Crippen LogP contribution in [0.2, 0.25) is 0 Å². The van der Waals surface area contributed by atoms with Crippen molar-refractivity contribution in [2.75, 3.05) is 19.7 Å². The predicted octanol–water partition coefficient (Wildman–Crippen LogP) is 1.89. The molecule has 2 aliphatic rings. The highest BCUT2D eigenvalue weighted by atomic mass is 16.5. The van der Waals surface area contributed by atoms with Gasteiger partial charge >= 0.3 is 0 Å². The second kappa shape index (κ2) is 5.87. The molecule has 98 valence electrons. The second-order valence-corrected chi connectivity index (χ2v) is 5.78. The summed E-state index contributed by atoms with van der Waals surface area (Å²) in [4.78, 5) is 0. The molecule has 0 amide bonds. The van der Waals surface area contributed by atoms with Gasteiger partial charge in [0.05, 0.1) is 12.4 Å². The van der Waals surface area contributed by atoms with Gasteiger partial charge in [0, 0.05) is 24.4 Å². The molecule has 0 saturated carbocycles. The van der Waals surface area contributed by atoms with Gasteiger partial charge in [-0.1, -0.05) is 13.8 Å². The summed E-state index contributed by atoms with van der Waals surface area (Å²) in [6.07, 6.45) is 5.85. The molecule has 17 heavy (non-hydrogen) atoms. The van der Waals surface area contributed by atoms with Crippen molar-refractivity contribution < 1.29 is 4.74 Å². The Hall–Kier alpha value is -0.540. The van der Waals surface area contributed by atoms with Crippen LogP contribution in [0.1, 0.15) is 33.1 Å². The molecule has 1 aliphatic heterocycles. The van der Waals surface area contributed by atoms with Crippen molar-refractivity contribution in [1.29, 1.82) is 0 Å². The van der Waals surface area contributed by atoms with E-state index in [1.807, 2.05) is 0 Å². The summed E-state index contributed by atoms with van der Waals surface area (Å²) in [5, 5.41) is 3.43. The standard InChI is InChI=1S/C14H26N2O/c1-10-6-11(2)14(7-13(10)15)17-9-12-4-3-5-16-8-12/h7,10-13,16H,3-6,8-9,15H2,1-2H3/t10?,11-,12-,13?/m1/s1. The third kappa shape index (κ3) is 3.46. The van der Waals surface area contributed by atoms with Crippen LogP contribution in [0.15, 0.2) is 11.8 Å². The average molecular weight is 238 g/mol. The largest absolute Gasteiger partial charge is 0.498 e. The van der Waals surface area contributed by atoms with E-state index < -0.39 is 0 Å². The van der Waals surface area contributed by atoms with E-state index in [1.165, 1.54) is 12.8 Å². The quantitative estimate of drug-likeness (QED) is 0.789. The van der Waals surface area contributed by atoms with Crippen LogP contribution in [0.25, 0.3) is 0 Å². The zero-order valence-corrected chi connectivity index (χ0v) is 11.1. The Bertz CT molecular complexity index is 271. The van der Waals surface area contributed by atoms with Crippen molar-refractivity contribution >= 4 is 0 Å². The van der Waals surface area contributed by atoms with Crippen LogP contribution in [-0.2, 0) is 4.74 Å². The summed E-state index contributed by atoms with van der Waals surface area (Å²) >= 11 is 0. The summed E-state index contributed by atoms with van der Waals surface area (Å²) < 4.78 is 5.99. The monoisotopic (exact) mass is 238 g/mol. The van der Waals surface area contributed by atoms with Gasteiger partial charge in [0.25, 0.3) is 0 Å². The van der Waals surface area contributed by atoms with Gasteiger partial charge in [-0.15, -0.1) is 0 Å². The van der Waals surface area contributed by atoms with Gasteiger partial charge in [0.2, 0.25) is 0 Å². The van der Waals surface area contributed by atoms with Gasteiger partial charge in [0.15, 0.2) is 0 Å². The maximum atomic E-state index is 6.07. The minimum atomic E-state index is 0.172. The van der Waals surface area contributed by atoms with Crippen molar-refractivity contribution in [1.82, 2.24) is 5.32 Å². The van der Waals surface area contributed by atoms with E-state index in [-0.39, 0.29) is 6.04 Å². The Morgan fingerprint density at radius 1 is 1.47 bits per heavy atom. The van der Waals surface area contributed by atoms with E-state index in [1.54, 1.807) is 0 Å². The fourth-order valence-electron chi connectivity index (χ4n) is 2.82. The molecule has 1 saturated heterocycles. The molecule has 3 heteroatoms. The lowest BCUT2D eigenvalue weighted by atomic mass is 9.84. The number of allylic oxidation sites excluding steroid dienone is 1. The van der Waals surface area contributed by atoms with Crippen LogP contribution in [0.3, 0.4) is 0 Å².